The number of aromatic nitrogens is 2. The topological polar surface area (TPSA) is 72.2 Å². The van der Waals surface area contributed by atoms with Crippen molar-refractivity contribution in [1.29, 1.82) is 0 Å². The molecular weight excluding hydrogens is 244 g/mol. The van der Waals surface area contributed by atoms with Gasteiger partial charge in [0.2, 0.25) is 5.28 Å². The second-order valence-corrected chi connectivity index (χ2v) is 3.98. The number of rotatable bonds is 2. The molecule has 0 radical (unpaired) electrons. The maximum Gasteiger partial charge on any atom is 0.266 e. The molecule has 0 amide bonds. The molecule has 1 N–H and O–H groups in total. The first-order valence-corrected chi connectivity index (χ1v) is 5.26. The van der Waals surface area contributed by atoms with Crippen LogP contribution in [0.2, 0.25) is 5.28 Å². The van der Waals surface area contributed by atoms with E-state index < -0.39 is 5.56 Å². The molecule has 2 aromatic rings. The van der Waals surface area contributed by atoms with Gasteiger partial charge in [-0.15, -0.1) is 0 Å². The second kappa shape index (κ2) is 4.18. The lowest BCUT2D eigenvalue weighted by molar-refractivity contribution is -0.117. The number of hydrogen-bond acceptors (Lipinski definition) is 4. The molecule has 17 heavy (non-hydrogen) atoms. The van der Waals surface area contributed by atoms with Crippen LogP contribution in [0.15, 0.2) is 23.0 Å². The van der Waals surface area contributed by atoms with Gasteiger partial charge in [0.15, 0.2) is 0 Å². The number of Topliss-reactive ketones (excluding diaryl/α,β-unsaturated/α-hetero) is 1. The Labute approximate surface area is 101 Å². The van der Waals surface area contributed by atoms with Gasteiger partial charge in [-0.2, -0.15) is 0 Å². The van der Waals surface area contributed by atoms with E-state index in [0.29, 0.717) is 5.52 Å². The van der Waals surface area contributed by atoms with Crippen molar-refractivity contribution in [3.8, 4) is 5.75 Å². The van der Waals surface area contributed by atoms with Gasteiger partial charge in [0.05, 0.1) is 12.1 Å². The minimum absolute atomic E-state index is 0.0664. The van der Waals surface area contributed by atoms with E-state index in [9.17, 15) is 14.7 Å². The molecule has 0 aliphatic carbocycles. The minimum Gasteiger partial charge on any atom is -0.507 e. The Bertz CT molecular complexity index is 664. The van der Waals surface area contributed by atoms with Gasteiger partial charge in [-0.1, -0.05) is 6.07 Å². The standard InChI is InChI=1S/C11H9ClN2O3/c1-6(15)5-14-10(17)9-7(13-11(14)12)3-2-4-8(9)16/h2-4,16H,5H2,1H3. The first-order chi connectivity index (χ1) is 8.00. The Morgan fingerprint density at radius 1 is 1.53 bits per heavy atom. The van der Waals surface area contributed by atoms with Gasteiger partial charge in [-0.25, -0.2) is 4.98 Å². The van der Waals surface area contributed by atoms with Crippen molar-refractivity contribution in [2.45, 2.75) is 13.5 Å². The van der Waals surface area contributed by atoms with E-state index in [1.165, 1.54) is 13.0 Å². The number of halogens is 1. The van der Waals surface area contributed by atoms with Crippen LogP contribution in [-0.4, -0.2) is 20.4 Å². The van der Waals surface area contributed by atoms with Crippen LogP contribution >= 0.6 is 11.6 Å². The molecule has 0 atom stereocenters. The summed E-state index contributed by atoms with van der Waals surface area (Å²) >= 11 is 5.82. The molecule has 0 aliphatic rings. The van der Waals surface area contributed by atoms with Crippen LogP contribution in [0.4, 0.5) is 0 Å². The molecule has 1 aromatic heterocycles. The smallest absolute Gasteiger partial charge is 0.266 e. The van der Waals surface area contributed by atoms with Crippen molar-refractivity contribution in [1.82, 2.24) is 9.55 Å². The van der Waals surface area contributed by atoms with E-state index in [1.807, 2.05) is 0 Å². The summed E-state index contributed by atoms with van der Waals surface area (Å²) in [4.78, 5) is 27.0. The highest BCUT2D eigenvalue weighted by atomic mass is 35.5. The molecule has 5 nitrogen and oxygen atoms in total. The number of benzene rings is 1. The van der Waals surface area contributed by atoms with Crippen molar-refractivity contribution in [3.63, 3.8) is 0 Å². The summed E-state index contributed by atoms with van der Waals surface area (Å²) in [6.07, 6.45) is 0. The summed E-state index contributed by atoms with van der Waals surface area (Å²) in [6, 6.07) is 4.52. The van der Waals surface area contributed by atoms with E-state index >= 15 is 0 Å². The Kier molecular flexibility index (Phi) is 2.85. The lowest BCUT2D eigenvalue weighted by atomic mass is 10.2. The number of carbonyl (C=O) groups excluding carboxylic acids is 1. The van der Waals surface area contributed by atoms with Gasteiger partial charge in [0.25, 0.3) is 5.56 Å². The number of aromatic hydroxyl groups is 1. The van der Waals surface area contributed by atoms with E-state index in [1.54, 1.807) is 12.1 Å². The molecule has 0 aliphatic heterocycles. The van der Waals surface area contributed by atoms with Crippen LogP contribution in [0.3, 0.4) is 0 Å². The SMILES string of the molecule is CC(=O)Cn1c(Cl)nc2cccc(O)c2c1=O. The fourth-order valence-corrected chi connectivity index (χ4v) is 1.81. The Hall–Kier alpha value is -1.88. The van der Waals surface area contributed by atoms with Crippen LogP contribution in [-0.2, 0) is 11.3 Å². The van der Waals surface area contributed by atoms with E-state index in [4.69, 9.17) is 11.6 Å². The first kappa shape index (κ1) is 11.6. The largest absolute Gasteiger partial charge is 0.507 e. The average Bonchev–Trinajstić information content (AvgIpc) is 2.23. The summed E-state index contributed by atoms with van der Waals surface area (Å²) in [6.45, 7) is 1.19. The van der Waals surface area contributed by atoms with Crippen molar-refractivity contribution >= 4 is 28.3 Å². The first-order valence-electron chi connectivity index (χ1n) is 4.88. The zero-order valence-electron chi connectivity index (χ0n) is 8.98. The van der Waals surface area contributed by atoms with Gasteiger partial charge >= 0.3 is 0 Å². The molecule has 6 heteroatoms. The normalized spacial score (nSPS) is 10.7. The molecular formula is C11H9ClN2O3. The molecule has 1 aromatic carbocycles. The van der Waals surface area contributed by atoms with Gasteiger partial charge in [0.1, 0.15) is 16.9 Å². The fourth-order valence-electron chi connectivity index (χ4n) is 1.58. The molecule has 0 saturated carbocycles. The van der Waals surface area contributed by atoms with Crippen LogP contribution in [0.5, 0.6) is 5.75 Å². The molecule has 0 saturated heterocycles. The molecule has 2 rings (SSSR count). The number of ketones is 1. The Morgan fingerprint density at radius 2 is 2.24 bits per heavy atom. The number of hydrogen-bond donors (Lipinski definition) is 1. The Balaban J connectivity index is 2.83. The van der Waals surface area contributed by atoms with Crippen LogP contribution in [0.25, 0.3) is 10.9 Å². The highest BCUT2D eigenvalue weighted by Crippen LogP contribution is 2.20. The molecule has 0 bridgehead atoms. The van der Waals surface area contributed by atoms with Gasteiger partial charge in [0, 0.05) is 0 Å². The highest BCUT2D eigenvalue weighted by molar-refractivity contribution is 6.28. The third-order valence-corrected chi connectivity index (χ3v) is 2.58. The minimum atomic E-state index is -0.520. The van der Waals surface area contributed by atoms with E-state index in [0.717, 1.165) is 4.57 Å². The Morgan fingerprint density at radius 3 is 2.88 bits per heavy atom. The number of nitrogens with zero attached hydrogens (tertiary/aromatic N) is 2. The number of phenols is 1. The van der Waals surface area contributed by atoms with Crippen molar-refractivity contribution in [2.24, 2.45) is 0 Å². The average molecular weight is 253 g/mol. The maximum atomic E-state index is 12.0. The van der Waals surface area contributed by atoms with Crippen LogP contribution in [0.1, 0.15) is 6.92 Å². The summed E-state index contributed by atoms with van der Waals surface area (Å²) < 4.78 is 1.03. The molecule has 0 spiro atoms. The number of carbonyl (C=O) groups is 1. The number of fused-ring (bicyclic) bond motifs is 1. The lowest BCUT2D eigenvalue weighted by Gasteiger charge is -2.07. The molecule has 0 unspecified atom stereocenters. The quantitative estimate of drug-likeness (QED) is 0.819. The maximum absolute atomic E-state index is 12.0. The molecule has 0 fully saturated rings. The summed E-state index contributed by atoms with van der Waals surface area (Å²) in [5, 5.41) is 9.62. The number of phenolic OH excluding ortho intramolecular Hbond substituents is 1. The fraction of sp³-hybridized carbons (Fsp3) is 0.182. The molecule has 1 heterocycles. The van der Waals surface area contributed by atoms with Gasteiger partial charge < -0.3 is 5.11 Å². The molecule has 88 valence electrons. The van der Waals surface area contributed by atoms with Crippen LogP contribution < -0.4 is 5.56 Å². The van der Waals surface area contributed by atoms with Crippen molar-refractivity contribution < 1.29 is 9.90 Å². The highest BCUT2D eigenvalue weighted by Gasteiger charge is 2.13. The zero-order valence-corrected chi connectivity index (χ0v) is 9.73. The van der Waals surface area contributed by atoms with Crippen molar-refractivity contribution in [3.05, 3.63) is 33.8 Å². The monoisotopic (exact) mass is 252 g/mol. The van der Waals surface area contributed by atoms with Crippen molar-refractivity contribution in [2.75, 3.05) is 0 Å². The zero-order chi connectivity index (χ0) is 12.6. The predicted molar refractivity (Wildman–Crippen MR) is 63.4 cm³/mol. The van der Waals surface area contributed by atoms with E-state index in [-0.39, 0.29) is 28.7 Å². The van der Waals surface area contributed by atoms with Gasteiger partial charge in [-0.3, -0.25) is 14.2 Å². The lowest BCUT2D eigenvalue weighted by Crippen LogP contribution is -2.25. The van der Waals surface area contributed by atoms with Crippen LogP contribution in [0, 0.1) is 0 Å². The third kappa shape index (κ3) is 2.01. The van der Waals surface area contributed by atoms with Gasteiger partial charge in [-0.05, 0) is 30.7 Å². The summed E-state index contributed by atoms with van der Waals surface area (Å²) in [5.41, 5.74) is -0.215. The third-order valence-electron chi connectivity index (χ3n) is 2.30. The summed E-state index contributed by atoms with van der Waals surface area (Å²) in [5.74, 6) is -0.389. The van der Waals surface area contributed by atoms with E-state index in [2.05, 4.69) is 4.98 Å². The second-order valence-electron chi connectivity index (χ2n) is 3.65. The summed E-state index contributed by atoms with van der Waals surface area (Å²) in [7, 11) is 0. The predicted octanol–water partition coefficient (Wildman–Crippen LogP) is 1.34.